The minimum Gasteiger partial charge on any atom is -0.479 e. The van der Waals surface area contributed by atoms with Crippen LogP contribution in [0.5, 0.6) is 0 Å². The summed E-state index contributed by atoms with van der Waals surface area (Å²) in [4.78, 5) is 25.1. The summed E-state index contributed by atoms with van der Waals surface area (Å²) in [6.07, 6.45) is -2.10. The number of aromatic nitrogens is 2. The molecule has 3 N–H and O–H groups in total. The Morgan fingerprint density at radius 3 is 2.51 bits per heavy atom. The van der Waals surface area contributed by atoms with Gasteiger partial charge in [-0.1, -0.05) is 48.6 Å². The second kappa shape index (κ2) is 8.84. The maximum absolute atomic E-state index is 13.1. The molecule has 4 rings (SSSR count). The van der Waals surface area contributed by atoms with Crippen LogP contribution in [0.4, 0.5) is 18.9 Å². The number of aliphatic carboxylic acids is 1. The number of benzene rings is 2. The van der Waals surface area contributed by atoms with E-state index in [2.05, 4.69) is 15.3 Å². The van der Waals surface area contributed by atoms with Gasteiger partial charge in [0.2, 0.25) is 5.54 Å². The minimum absolute atomic E-state index is 0.0887. The number of aliphatic hydroxyl groups excluding tert-OH is 1. The average Bonchev–Trinajstić information content (AvgIpc) is 3.11. The molecular weight excluding hydrogens is 465 g/mol. The van der Waals surface area contributed by atoms with Crippen LogP contribution in [0.25, 0.3) is 11.3 Å². The quantitative estimate of drug-likeness (QED) is 0.465. The molecule has 0 radical (unpaired) electrons. The van der Waals surface area contributed by atoms with Crippen LogP contribution in [0.1, 0.15) is 16.8 Å². The number of aryl methyl sites for hydroxylation is 1. The third kappa shape index (κ3) is 4.33. The molecule has 0 aliphatic heterocycles. The smallest absolute Gasteiger partial charge is 0.416 e. The Bertz CT molecular complexity index is 1420. The van der Waals surface area contributed by atoms with Crippen molar-refractivity contribution in [3.63, 3.8) is 0 Å². The van der Waals surface area contributed by atoms with Gasteiger partial charge in [0.25, 0.3) is 5.56 Å². The minimum atomic E-state index is -4.61. The summed E-state index contributed by atoms with van der Waals surface area (Å²) in [5.74, 6) is -1.50. The van der Waals surface area contributed by atoms with Gasteiger partial charge in [-0.15, -0.1) is 5.11 Å². The number of nitrogens with one attached hydrogen (secondary N) is 1. The number of rotatable bonds is 5. The number of carboxylic acid groups (broad SMARTS) is 1. The fourth-order valence-corrected chi connectivity index (χ4v) is 3.71. The summed E-state index contributed by atoms with van der Waals surface area (Å²) >= 11 is 0. The van der Waals surface area contributed by atoms with E-state index in [1.54, 1.807) is 36.4 Å². The van der Waals surface area contributed by atoms with Gasteiger partial charge in [-0.25, -0.2) is 9.48 Å². The number of allylic oxidation sites excluding steroid dienone is 2. The molecule has 0 bridgehead atoms. The van der Waals surface area contributed by atoms with Crippen molar-refractivity contribution in [1.82, 2.24) is 9.78 Å². The Morgan fingerprint density at radius 1 is 1.14 bits per heavy atom. The second-order valence-electron chi connectivity index (χ2n) is 7.85. The maximum Gasteiger partial charge on any atom is 0.416 e. The van der Waals surface area contributed by atoms with E-state index < -0.39 is 34.9 Å². The van der Waals surface area contributed by atoms with Gasteiger partial charge in [0.15, 0.2) is 5.69 Å². The predicted molar refractivity (Wildman–Crippen MR) is 121 cm³/mol. The summed E-state index contributed by atoms with van der Waals surface area (Å²) < 4.78 is 40.1. The number of aliphatic hydroxyl groups is 1. The lowest BCUT2D eigenvalue weighted by Gasteiger charge is -2.30. The van der Waals surface area contributed by atoms with Crippen molar-refractivity contribution in [2.75, 3.05) is 0 Å². The first kappa shape index (κ1) is 23.9. The molecule has 2 aromatic carbocycles. The van der Waals surface area contributed by atoms with Crippen LogP contribution < -0.4 is 5.56 Å². The van der Waals surface area contributed by atoms with Crippen LogP contribution in [0.3, 0.4) is 0 Å². The van der Waals surface area contributed by atoms with Crippen LogP contribution in [-0.4, -0.2) is 37.6 Å². The first-order chi connectivity index (χ1) is 16.5. The highest BCUT2D eigenvalue weighted by atomic mass is 19.4. The number of hydrogen-bond donors (Lipinski definition) is 3. The Kier molecular flexibility index (Phi) is 6.03. The van der Waals surface area contributed by atoms with Crippen LogP contribution in [0.2, 0.25) is 0 Å². The average molecular weight is 484 g/mol. The highest BCUT2D eigenvalue weighted by molar-refractivity contribution is 5.89. The molecule has 2 unspecified atom stereocenters. The fourth-order valence-electron chi connectivity index (χ4n) is 3.71. The summed E-state index contributed by atoms with van der Waals surface area (Å²) in [6, 6.07) is 12.7. The molecule has 0 saturated heterocycles. The molecule has 1 aromatic heterocycles. The molecule has 180 valence electrons. The van der Waals surface area contributed by atoms with E-state index in [0.717, 1.165) is 29.0 Å². The molecule has 1 aliphatic carbocycles. The number of alkyl halides is 3. The lowest BCUT2D eigenvalue weighted by atomic mass is 9.81. The van der Waals surface area contributed by atoms with E-state index >= 15 is 0 Å². The third-order valence-corrected chi connectivity index (χ3v) is 5.57. The molecule has 0 amide bonds. The molecule has 0 spiro atoms. The molecule has 0 fully saturated rings. The van der Waals surface area contributed by atoms with Gasteiger partial charge >= 0.3 is 12.1 Å². The van der Waals surface area contributed by atoms with E-state index in [0.29, 0.717) is 11.1 Å². The highest BCUT2D eigenvalue weighted by Crippen LogP contribution is 2.35. The van der Waals surface area contributed by atoms with Crippen molar-refractivity contribution < 1.29 is 28.2 Å². The number of carboxylic acids is 1. The van der Waals surface area contributed by atoms with Crippen molar-refractivity contribution in [2.45, 2.75) is 24.7 Å². The van der Waals surface area contributed by atoms with E-state index in [4.69, 9.17) is 0 Å². The van der Waals surface area contributed by atoms with Gasteiger partial charge in [-0.05, 0) is 42.3 Å². The molecular formula is C24H19F3N4O4. The lowest BCUT2D eigenvalue weighted by Crippen LogP contribution is -2.47. The zero-order valence-corrected chi connectivity index (χ0v) is 18.2. The Morgan fingerprint density at radius 2 is 1.86 bits per heavy atom. The van der Waals surface area contributed by atoms with Crippen LogP contribution in [0, 0.1) is 6.92 Å². The van der Waals surface area contributed by atoms with Gasteiger partial charge in [-0.2, -0.15) is 18.3 Å². The Balaban J connectivity index is 1.74. The molecule has 8 nitrogen and oxygen atoms in total. The Hall–Kier alpha value is -4.25. The molecule has 1 heterocycles. The van der Waals surface area contributed by atoms with E-state index in [1.165, 1.54) is 19.1 Å². The van der Waals surface area contributed by atoms with Gasteiger partial charge in [0.05, 0.1) is 16.9 Å². The Labute approximate surface area is 196 Å². The predicted octanol–water partition coefficient (Wildman–Crippen LogP) is 4.41. The highest BCUT2D eigenvalue weighted by Gasteiger charge is 2.47. The van der Waals surface area contributed by atoms with Gasteiger partial charge in [0.1, 0.15) is 6.10 Å². The number of H-pyrrole nitrogens is 1. The van der Waals surface area contributed by atoms with Crippen molar-refractivity contribution >= 4 is 17.2 Å². The fraction of sp³-hybridized carbons (Fsp3) is 0.167. The largest absolute Gasteiger partial charge is 0.479 e. The second-order valence-corrected chi connectivity index (χ2v) is 7.85. The summed E-state index contributed by atoms with van der Waals surface area (Å²) in [7, 11) is 0. The number of aromatic amines is 1. The maximum atomic E-state index is 13.1. The van der Waals surface area contributed by atoms with Gasteiger partial charge in [0, 0.05) is 0 Å². The van der Waals surface area contributed by atoms with Crippen LogP contribution >= 0.6 is 0 Å². The number of halogens is 3. The number of nitrogens with zero attached hydrogens (tertiary/aromatic N) is 3. The third-order valence-electron chi connectivity index (χ3n) is 5.57. The van der Waals surface area contributed by atoms with Crippen molar-refractivity contribution in [3.05, 3.63) is 100.0 Å². The number of hydrogen-bond acceptors (Lipinski definition) is 5. The van der Waals surface area contributed by atoms with Crippen molar-refractivity contribution in [1.29, 1.82) is 0 Å². The number of carbonyl (C=O) groups is 1. The number of azo groups is 1. The molecule has 1 aliphatic rings. The zero-order chi connectivity index (χ0) is 25.4. The molecule has 0 saturated carbocycles. The normalized spacial score (nSPS) is 20.3. The standard InChI is InChI=1S/C24H19F3N4O4/c1-14-19(21(33)31(29-14)17-10-5-9-16(13-17)24(25,26)27)28-30-23(22(34)35)12-6-11-18(20(23)32)15-7-3-2-4-8-15/h2-13,20,29,32H,1H3,(H,34,35). The molecule has 11 heteroatoms. The van der Waals surface area contributed by atoms with Crippen LogP contribution in [-0.2, 0) is 11.0 Å². The van der Waals surface area contributed by atoms with E-state index in [-0.39, 0.29) is 17.1 Å². The monoisotopic (exact) mass is 484 g/mol. The van der Waals surface area contributed by atoms with E-state index in [9.17, 15) is 33.0 Å². The van der Waals surface area contributed by atoms with Gasteiger partial charge in [-0.3, -0.25) is 9.89 Å². The van der Waals surface area contributed by atoms with Crippen LogP contribution in [0.15, 0.2) is 87.8 Å². The zero-order valence-electron chi connectivity index (χ0n) is 18.2. The first-order valence-electron chi connectivity index (χ1n) is 10.3. The van der Waals surface area contributed by atoms with E-state index in [1.807, 2.05) is 0 Å². The summed E-state index contributed by atoms with van der Waals surface area (Å²) in [5.41, 5.74) is -3.39. The topological polar surface area (TPSA) is 120 Å². The van der Waals surface area contributed by atoms with Crippen molar-refractivity contribution in [2.24, 2.45) is 10.2 Å². The summed E-state index contributed by atoms with van der Waals surface area (Å²) in [6.45, 7) is 1.44. The molecule has 2 atom stereocenters. The summed E-state index contributed by atoms with van der Waals surface area (Å²) in [5, 5.41) is 31.2. The molecule has 35 heavy (non-hydrogen) atoms. The van der Waals surface area contributed by atoms with Crippen molar-refractivity contribution in [3.8, 4) is 5.69 Å². The SMILES string of the molecule is Cc1[nH]n(-c2cccc(C(F)(F)F)c2)c(=O)c1N=NC1(C(=O)O)C=CC=C(c2ccccc2)C1O. The molecule has 3 aromatic rings. The van der Waals surface area contributed by atoms with Gasteiger partial charge < -0.3 is 10.2 Å². The first-order valence-corrected chi connectivity index (χ1v) is 10.3. The lowest BCUT2D eigenvalue weighted by molar-refractivity contribution is -0.144.